The zero-order valence-electron chi connectivity index (χ0n) is 31.2. The highest BCUT2D eigenvalue weighted by atomic mass is 14.3. The van der Waals surface area contributed by atoms with E-state index in [1.807, 2.05) is 26.8 Å². The first-order valence-corrected chi connectivity index (χ1v) is 17.9. The number of rotatable bonds is 19. The molecule has 0 N–H and O–H groups in total. The number of terminal acetylenes is 1. The Balaban J connectivity index is -0.00000221. The summed E-state index contributed by atoms with van der Waals surface area (Å²) >= 11 is 0. The smallest absolute Gasteiger partial charge is 0.0169 e. The molecule has 0 spiro atoms. The van der Waals surface area contributed by atoms with Gasteiger partial charge in [-0.2, -0.15) is 0 Å². The largest absolute Gasteiger partial charge is 0.124 e. The van der Waals surface area contributed by atoms with E-state index in [4.69, 9.17) is 0 Å². The van der Waals surface area contributed by atoms with Crippen LogP contribution in [0.5, 0.6) is 0 Å². The van der Waals surface area contributed by atoms with Crippen molar-refractivity contribution in [2.24, 2.45) is 29.1 Å². The summed E-state index contributed by atoms with van der Waals surface area (Å²) in [5, 5.41) is 0. The molecule has 3 unspecified atom stereocenters. The highest BCUT2D eigenvalue weighted by molar-refractivity contribution is 5.24. The third-order valence-corrected chi connectivity index (χ3v) is 8.95. The monoisotopic (exact) mass is 605 g/mol. The standard InChI is InChI=1S/C37H62.C3H6.C2H6.C2H2/c1-10-13-16-22-34(21-14-11-2)23-19-20-26-37(8,9)29-33(12-3)28-36(30(4)5)27-31(6)32(7)35-24-17-15-18-25-35;1-3-2;2*1-2/h10-11,14,16,21-22,32-33,35-36H,1,4,6,12-13,15,17-20,23-29H2,2-3,5,7-9H3;3H,1H2,2H3;1-2H3;1-2H/b14-11-,22-16+,34-21+;;;. The summed E-state index contributed by atoms with van der Waals surface area (Å²) in [6.45, 7) is 36.3. The van der Waals surface area contributed by atoms with Crippen molar-refractivity contribution in [3.05, 3.63) is 85.6 Å². The summed E-state index contributed by atoms with van der Waals surface area (Å²) < 4.78 is 0. The molecule has 0 bridgehead atoms. The van der Waals surface area contributed by atoms with Crippen LogP contribution < -0.4 is 0 Å². The van der Waals surface area contributed by atoms with Crippen molar-refractivity contribution in [1.82, 2.24) is 0 Å². The average Bonchev–Trinajstić information content (AvgIpc) is 3.03. The van der Waals surface area contributed by atoms with E-state index < -0.39 is 0 Å². The maximum absolute atomic E-state index is 4.61. The normalized spacial score (nSPS) is 15.8. The molecule has 1 saturated carbocycles. The topological polar surface area (TPSA) is 0 Å². The molecule has 252 valence electrons. The van der Waals surface area contributed by atoms with E-state index in [-0.39, 0.29) is 0 Å². The molecular weight excluding hydrogens is 528 g/mol. The van der Waals surface area contributed by atoms with E-state index in [1.54, 1.807) is 6.08 Å². The predicted molar refractivity (Wildman–Crippen MR) is 207 cm³/mol. The molecule has 1 aliphatic carbocycles. The molecule has 0 radical (unpaired) electrons. The summed E-state index contributed by atoms with van der Waals surface area (Å²) in [5.41, 5.74) is 4.66. The zero-order valence-corrected chi connectivity index (χ0v) is 31.2. The van der Waals surface area contributed by atoms with Gasteiger partial charge in [0.25, 0.3) is 0 Å². The van der Waals surface area contributed by atoms with Gasteiger partial charge in [0.2, 0.25) is 0 Å². The lowest BCUT2D eigenvalue weighted by molar-refractivity contribution is 0.213. The Kier molecular flexibility index (Phi) is 32.3. The van der Waals surface area contributed by atoms with Gasteiger partial charge in [0.05, 0.1) is 0 Å². The lowest BCUT2D eigenvalue weighted by Gasteiger charge is -2.34. The Morgan fingerprint density at radius 1 is 1.00 bits per heavy atom. The Labute approximate surface area is 279 Å². The van der Waals surface area contributed by atoms with E-state index in [9.17, 15) is 0 Å². The molecule has 0 saturated heterocycles. The molecule has 1 rings (SSSR count). The molecule has 1 fully saturated rings. The summed E-state index contributed by atoms with van der Waals surface area (Å²) in [6, 6.07) is 0. The minimum Gasteiger partial charge on any atom is -0.124 e. The fraction of sp³-hybridized carbons (Fsp3) is 0.636. The van der Waals surface area contributed by atoms with E-state index in [0.717, 1.165) is 31.1 Å². The molecule has 0 nitrogen and oxygen atoms in total. The molecule has 0 aliphatic heterocycles. The zero-order chi connectivity index (χ0) is 34.4. The Bertz CT molecular complexity index is 833. The van der Waals surface area contributed by atoms with E-state index in [2.05, 4.69) is 111 Å². The van der Waals surface area contributed by atoms with Crippen LogP contribution in [0.15, 0.2) is 85.6 Å². The van der Waals surface area contributed by atoms with Gasteiger partial charge >= 0.3 is 0 Å². The lowest BCUT2D eigenvalue weighted by Crippen LogP contribution is -2.21. The van der Waals surface area contributed by atoms with Gasteiger partial charge in [-0.3, -0.25) is 0 Å². The van der Waals surface area contributed by atoms with Gasteiger partial charge in [-0.1, -0.05) is 140 Å². The van der Waals surface area contributed by atoms with Crippen molar-refractivity contribution in [2.45, 2.75) is 152 Å². The molecular formula is C44H76. The van der Waals surface area contributed by atoms with Crippen molar-refractivity contribution in [3.63, 3.8) is 0 Å². The second-order valence-corrected chi connectivity index (χ2v) is 13.3. The highest BCUT2D eigenvalue weighted by Gasteiger charge is 2.27. The van der Waals surface area contributed by atoms with Gasteiger partial charge in [-0.15, -0.1) is 26.0 Å². The van der Waals surface area contributed by atoms with Gasteiger partial charge in [0, 0.05) is 0 Å². The molecule has 0 aromatic carbocycles. The van der Waals surface area contributed by atoms with Crippen LogP contribution in [-0.4, -0.2) is 0 Å². The van der Waals surface area contributed by atoms with Gasteiger partial charge in [-0.25, -0.2) is 0 Å². The second-order valence-electron chi connectivity index (χ2n) is 13.3. The predicted octanol–water partition coefficient (Wildman–Crippen LogP) is 14.8. The first kappa shape index (κ1) is 46.2. The SMILES string of the molecule is C#C.C=CC.C=CC/C=C/C(=C\C=C/C)CCCCC(C)(C)CC(CC)CC(CC(=C)C(C)C1CCCCC1)C(=C)C.CC. The van der Waals surface area contributed by atoms with E-state index in [1.165, 1.54) is 87.3 Å². The molecule has 0 aromatic rings. The van der Waals surface area contributed by atoms with E-state index >= 15 is 0 Å². The lowest BCUT2D eigenvalue weighted by atomic mass is 9.72. The summed E-state index contributed by atoms with van der Waals surface area (Å²) in [4.78, 5) is 0. The maximum Gasteiger partial charge on any atom is -0.0169 e. The van der Waals surface area contributed by atoms with Crippen LogP contribution in [0.4, 0.5) is 0 Å². The van der Waals surface area contributed by atoms with Gasteiger partial charge in [0.15, 0.2) is 0 Å². The van der Waals surface area contributed by atoms with Crippen LogP contribution in [0.3, 0.4) is 0 Å². The van der Waals surface area contributed by atoms with Crippen molar-refractivity contribution in [3.8, 4) is 12.8 Å². The minimum absolute atomic E-state index is 0.387. The first-order chi connectivity index (χ1) is 21.0. The highest BCUT2D eigenvalue weighted by Crippen LogP contribution is 2.40. The fourth-order valence-electron chi connectivity index (χ4n) is 6.30. The van der Waals surface area contributed by atoms with Crippen LogP contribution in [0.1, 0.15) is 152 Å². The van der Waals surface area contributed by atoms with Crippen LogP contribution >= 0.6 is 0 Å². The summed E-state index contributed by atoms with van der Waals surface area (Å²) in [6.07, 6.45) is 40.8. The molecule has 1 aliphatic rings. The number of unbranched alkanes of at least 4 members (excludes halogenated alkanes) is 1. The minimum atomic E-state index is 0.387. The Morgan fingerprint density at radius 3 is 2.09 bits per heavy atom. The third kappa shape index (κ3) is 24.1. The van der Waals surface area contributed by atoms with Crippen LogP contribution in [0.25, 0.3) is 0 Å². The Hall–Kier alpha value is -2.26. The summed E-state index contributed by atoms with van der Waals surface area (Å²) in [5.74, 6) is 2.87. The van der Waals surface area contributed by atoms with Crippen LogP contribution in [0, 0.1) is 41.9 Å². The quantitative estimate of drug-likeness (QED) is 0.0595. The number of allylic oxidation sites excluding steroid dienone is 10. The third-order valence-electron chi connectivity index (χ3n) is 8.95. The second kappa shape index (κ2) is 30.8. The van der Waals surface area contributed by atoms with Crippen molar-refractivity contribution >= 4 is 0 Å². The van der Waals surface area contributed by atoms with Crippen molar-refractivity contribution < 1.29 is 0 Å². The summed E-state index contributed by atoms with van der Waals surface area (Å²) in [7, 11) is 0. The van der Waals surface area contributed by atoms with Crippen molar-refractivity contribution in [1.29, 1.82) is 0 Å². The fourth-order valence-corrected chi connectivity index (χ4v) is 6.30. The average molecular weight is 605 g/mol. The number of hydrogen-bond donors (Lipinski definition) is 0. The van der Waals surface area contributed by atoms with Crippen LogP contribution in [-0.2, 0) is 0 Å². The molecule has 3 atom stereocenters. The van der Waals surface area contributed by atoms with Gasteiger partial charge < -0.3 is 0 Å². The molecule has 0 amide bonds. The molecule has 0 heterocycles. The number of hydrogen-bond acceptors (Lipinski definition) is 0. The molecule has 0 heteroatoms. The molecule has 44 heavy (non-hydrogen) atoms. The van der Waals surface area contributed by atoms with Gasteiger partial charge in [-0.05, 0) is 113 Å². The van der Waals surface area contributed by atoms with E-state index in [0.29, 0.717) is 17.3 Å². The molecule has 0 aromatic heterocycles. The van der Waals surface area contributed by atoms with Crippen molar-refractivity contribution in [2.75, 3.05) is 0 Å². The van der Waals surface area contributed by atoms with Crippen LogP contribution in [0.2, 0.25) is 0 Å². The van der Waals surface area contributed by atoms with Gasteiger partial charge in [0.1, 0.15) is 0 Å². The first-order valence-electron chi connectivity index (χ1n) is 17.9. The Morgan fingerprint density at radius 2 is 1.59 bits per heavy atom. The maximum atomic E-state index is 4.61.